The lowest BCUT2D eigenvalue weighted by Crippen LogP contribution is -1.89. The highest BCUT2D eigenvalue weighted by molar-refractivity contribution is 7.98. The van der Waals surface area contributed by atoms with Crippen LogP contribution in [0, 0.1) is 0 Å². The van der Waals surface area contributed by atoms with Gasteiger partial charge in [-0.3, -0.25) is 0 Å². The SMILES string of the molecule is C=C(O)Cc1ccc(CSc2ccccc2OC)cc1. The van der Waals surface area contributed by atoms with E-state index in [-0.39, 0.29) is 5.76 Å². The highest BCUT2D eigenvalue weighted by Crippen LogP contribution is 2.31. The van der Waals surface area contributed by atoms with E-state index < -0.39 is 0 Å². The van der Waals surface area contributed by atoms with Gasteiger partial charge in [-0.1, -0.05) is 43.0 Å². The maximum Gasteiger partial charge on any atom is 0.132 e. The van der Waals surface area contributed by atoms with Crippen LogP contribution < -0.4 is 4.74 Å². The molecule has 0 aromatic heterocycles. The van der Waals surface area contributed by atoms with Crippen LogP contribution in [-0.4, -0.2) is 12.2 Å². The molecule has 20 heavy (non-hydrogen) atoms. The van der Waals surface area contributed by atoms with E-state index in [4.69, 9.17) is 4.74 Å². The van der Waals surface area contributed by atoms with Gasteiger partial charge < -0.3 is 9.84 Å². The van der Waals surface area contributed by atoms with Crippen molar-refractivity contribution in [1.29, 1.82) is 0 Å². The summed E-state index contributed by atoms with van der Waals surface area (Å²) in [6.45, 7) is 3.51. The van der Waals surface area contributed by atoms with E-state index in [1.165, 1.54) is 5.56 Å². The molecule has 104 valence electrons. The largest absolute Gasteiger partial charge is 0.513 e. The molecule has 0 saturated heterocycles. The molecule has 0 aliphatic rings. The average Bonchev–Trinajstić information content (AvgIpc) is 2.46. The Morgan fingerprint density at radius 1 is 1.10 bits per heavy atom. The van der Waals surface area contributed by atoms with Gasteiger partial charge in [0.05, 0.1) is 12.9 Å². The molecule has 0 radical (unpaired) electrons. The number of aliphatic hydroxyl groups is 1. The van der Waals surface area contributed by atoms with Crippen molar-refractivity contribution in [1.82, 2.24) is 0 Å². The lowest BCUT2D eigenvalue weighted by molar-refractivity contribution is 0.401. The highest BCUT2D eigenvalue weighted by Gasteiger charge is 2.03. The first-order valence-corrected chi connectivity index (χ1v) is 7.38. The molecule has 0 amide bonds. The standard InChI is InChI=1S/C17H18O2S/c1-13(18)11-14-7-9-15(10-8-14)12-20-17-6-4-3-5-16(17)19-2/h3-10,18H,1,11-12H2,2H3. The number of methoxy groups -OCH3 is 1. The molecule has 0 fully saturated rings. The summed E-state index contributed by atoms with van der Waals surface area (Å²) in [7, 11) is 1.69. The number of hydrogen-bond donors (Lipinski definition) is 1. The third kappa shape index (κ3) is 4.07. The fraction of sp³-hybridized carbons (Fsp3) is 0.176. The van der Waals surface area contributed by atoms with Crippen molar-refractivity contribution in [3.8, 4) is 5.75 Å². The van der Waals surface area contributed by atoms with Crippen LogP contribution in [0.4, 0.5) is 0 Å². The quantitative estimate of drug-likeness (QED) is 0.621. The van der Waals surface area contributed by atoms with Crippen LogP contribution in [0.5, 0.6) is 5.75 Å². The van der Waals surface area contributed by atoms with E-state index in [0.29, 0.717) is 6.42 Å². The number of rotatable bonds is 6. The summed E-state index contributed by atoms with van der Waals surface area (Å²) in [5, 5.41) is 9.17. The molecular weight excluding hydrogens is 268 g/mol. The zero-order valence-corrected chi connectivity index (χ0v) is 12.3. The maximum atomic E-state index is 9.17. The second-order valence-corrected chi connectivity index (χ2v) is 5.52. The smallest absolute Gasteiger partial charge is 0.132 e. The Morgan fingerprint density at radius 3 is 2.40 bits per heavy atom. The molecule has 0 aliphatic heterocycles. The Hall–Kier alpha value is -1.87. The Kier molecular flexibility index (Phi) is 5.13. The van der Waals surface area contributed by atoms with Crippen LogP contribution in [0.15, 0.2) is 65.8 Å². The minimum atomic E-state index is 0.196. The van der Waals surface area contributed by atoms with Crippen molar-refractivity contribution in [3.63, 3.8) is 0 Å². The molecule has 0 atom stereocenters. The minimum absolute atomic E-state index is 0.196. The number of allylic oxidation sites excluding steroid dienone is 1. The molecular formula is C17H18O2S. The molecule has 2 aromatic carbocycles. The van der Waals surface area contributed by atoms with Crippen molar-refractivity contribution in [2.45, 2.75) is 17.1 Å². The minimum Gasteiger partial charge on any atom is -0.513 e. The normalized spacial score (nSPS) is 10.2. The summed E-state index contributed by atoms with van der Waals surface area (Å²) in [5.74, 6) is 1.99. The summed E-state index contributed by atoms with van der Waals surface area (Å²) < 4.78 is 5.34. The first-order valence-electron chi connectivity index (χ1n) is 6.39. The van der Waals surface area contributed by atoms with E-state index >= 15 is 0 Å². The maximum absolute atomic E-state index is 9.17. The van der Waals surface area contributed by atoms with Crippen LogP contribution in [-0.2, 0) is 12.2 Å². The van der Waals surface area contributed by atoms with E-state index in [2.05, 4.69) is 24.8 Å². The fourth-order valence-electron chi connectivity index (χ4n) is 1.89. The van der Waals surface area contributed by atoms with Crippen molar-refractivity contribution in [3.05, 3.63) is 72.0 Å². The topological polar surface area (TPSA) is 29.5 Å². The van der Waals surface area contributed by atoms with Gasteiger partial charge in [0.1, 0.15) is 5.75 Å². The molecule has 2 nitrogen and oxygen atoms in total. The monoisotopic (exact) mass is 286 g/mol. The lowest BCUT2D eigenvalue weighted by Gasteiger charge is -2.08. The third-order valence-electron chi connectivity index (χ3n) is 2.89. The molecule has 3 heteroatoms. The van der Waals surface area contributed by atoms with Crippen LogP contribution >= 0.6 is 11.8 Å². The second kappa shape index (κ2) is 7.06. The summed E-state index contributed by atoms with van der Waals surface area (Å²) >= 11 is 1.75. The van der Waals surface area contributed by atoms with Gasteiger partial charge in [0.25, 0.3) is 0 Å². The molecule has 2 rings (SSSR count). The molecule has 1 N–H and O–H groups in total. The number of thioether (sulfide) groups is 1. The van der Waals surface area contributed by atoms with Gasteiger partial charge in [-0.05, 0) is 23.3 Å². The van der Waals surface area contributed by atoms with Crippen LogP contribution in [0.25, 0.3) is 0 Å². The Morgan fingerprint density at radius 2 is 1.75 bits per heavy atom. The van der Waals surface area contributed by atoms with Gasteiger partial charge >= 0.3 is 0 Å². The predicted molar refractivity (Wildman–Crippen MR) is 84.5 cm³/mol. The zero-order chi connectivity index (χ0) is 14.4. The molecule has 0 unspecified atom stereocenters. The first-order chi connectivity index (χ1) is 9.69. The van der Waals surface area contributed by atoms with Crippen molar-refractivity contribution < 1.29 is 9.84 Å². The Bertz CT molecular complexity index is 576. The van der Waals surface area contributed by atoms with Gasteiger partial charge in [0.15, 0.2) is 0 Å². The van der Waals surface area contributed by atoms with Gasteiger partial charge in [0.2, 0.25) is 0 Å². The number of benzene rings is 2. The predicted octanol–water partition coefficient (Wildman–Crippen LogP) is 4.60. The van der Waals surface area contributed by atoms with Crippen molar-refractivity contribution in [2.24, 2.45) is 0 Å². The van der Waals surface area contributed by atoms with Crippen LogP contribution in [0.3, 0.4) is 0 Å². The molecule has 2 aromatic rings. The third-order valence-corrected chi connectivity index (χ3v) is 4.02. The number of hydrogen-bond acceptors (Lipinski definition) is 3. The summed E-state index contributed by atoms with van der Waals surface area (Å²) in [5.41, 5.74) is 2.32. The molecule has 0 bridgehead atoms. The van der Waals surface area contributed by atoms with Gasteiger partial charge in [0, 0.05) is 17.1 Å². The van der Waals surface area contributed by atoms with E-state index in [9.17, 15) is 5.11 Å². The van der Waals surface area contributed by atoms with E-state index in [1.807, 2.05) is 30.3 Å². The highest BCUT2D eigenvalue weighted by atomic mass is 32.2. The zero-order valence-electron chi connectivity index (χ0n) is 11.5. The number of ether oxygens (including phenoxy) is 1. The number of para-hydroxylation sites is 1. The van der Waals surface area contributed by atoms with E-state index in [0.717, 1.165) is 22.0 Å². The number of aliphatic hydroxyl groups excluding tert-OH is 1. The molecule has 0 saturated carbocycles. The van der Waals surface area contributed by atoms with Gasteiger partial charge in [-0.25, -0.2) is 0 Å². The molecule has 0 heterocycles. The second-order valence-electron chi connectivity index (χ2n) is 4.50. The van der Waals surface area contributed by atoms with Crippen LogP contribution in [0.2, 0.25) is 0 Å². The Balaban J connectivity index is 1.98. The first kappa shape index (κ1) is 14.5. The fourth-order valence-corrected chi connectivity index (χ4v) is 2.87. The van der Waals surface area contributed by atoms with Crippen LogP contribution in [0.1, 0.15) is 11.1 Å². The molecule has 0 spiro atoms. The average molecular weight is 286 g/mol. The summed E-state index contributed by atoms with van der Waals surface area (Å²) in [6.07, 6.45) is 0.514. The Labute approximate surface area is 124 Å². The summed E-state index contributed by atoms with van der Waals surface area (Å²) in [6, 6.07) is 16.2. The van der Waals surface area contributed by atoms with Gasteiger partial charge in [-0.15, -0.1) is 11.8 Å². The van der Waals surface area contributed by atoms with Gasteiger partial charge in [-0.2, -0.15) is 0 Å². The van der Waals surface area contributed by atoms with Crippen molar-refractivity contribution in [2.75, 3.05) is 7.11 Å². The van der Waals surface area contributed by atoms with E-state index in [1.54, 1.807) is 18.9 Å². The van der Waals surface area contributed by atoms with Crippen molar-refractivity contribution >= 4 is 11.8 Å². The summed E-state index contributed by atoms with van der Waals surface area (Å²) in [4.78, 5) is 1.14. The molecule has 0 aliphatic carbocycles. The lowest BCUT2D eigenvalue weighted by atomic mass is 10.1.